The van der Waals surface area contributed by atoms with Crippen LogP contribution in [0.15, 0.2) is 27.5 Å². The summed E-state index contributed by atoms with van der Waals surface area (Å²) in [5.74, 6) is 0.0462. The van der Waals surface area contributed by atoms with Crippen LogP contribution in [-0.2, 0) is 6.54 Å². The van der Waals surface area contributed by atoms with Crippen molar-refractivity contribution in [3.05, 3.63) is 46.0 Å². The summed E-state index contributed by atoms with van der Waals surface area (Å²) in [5, 5.41) is 12.8. The van der Waals surface area contributed by atoms with E-state index in [-0.39, 0.29) is 12.2 Å². The first kappa shape index (κ1) is 11.6. The Kier molecular flexibility index (Phi) is 2.66. The molecule has 19 heavy (non-hydrogen) atoms. The molecular weight excluding hydrogens is 250 g/mol. The fraction of sp³-hybridized carbons (Fsp3) is 0.333. The molecule has 7 heteroatoms. The van der Waals surface area contributed by atoms with Gasteiger partial charge in [-0.15, -0.1) is 0 Å². The highest BCUT2D eigenvalue weighted by Gasteiger charge is 2.29. The van der Waals surface area contributed by atoms with Crippen molar-refractivity contribution in [1.82, 2.24) is 14.7 Å². The molecule has 3 rings (SSSR count). The van der Waals surface area contributed by atoms with E-state index in [1.807, 2.05) is 0 Å². The van der Waals surface area contributed by atoms with Gasteiger partial charge in [-0.05, 0) is 18.9 Å². The van der Waals surface area contributed by atoms with Crippen LogP contribution in [0, 0.1) is 0 Å². The summed E-state index contributed by atoms with van der Waals surface area (Å²) in [6.07, 6.45) is 2.07. The predicted octanol–water partition coefficient (Wildman–Crippen LogP) is 0.855. The molecule has 1 aliphatic carbocycles. The van der Waals surface area contributed by atoms with Crippen molar-refractivity contribution in [2.24, 2.45) is 0 Å². The zero-order chi connectivity index (χ0) is 13.4. The van der Waals surface area contributed by atoms with Gasteiger partial charge in [-0.1, -0.05) is 11.2 Å². The van der Waals surface area contributed by atoms with E-state index in [0.717, 1.165) is 17.4 Å². The maximum absolute atomic E-state index is 11.7. The lowest BCUT2D eigenvalue weighted by Crippen LogP contribution is -2.25. The minimum absolute atomic E-state index is 0.00245. The first-order valence-electron chi connectivity index (χ1n) is 5.91. The smallest absolute Gasteiger partial charge is 0.352 e. The van der Waals surface area contributed by atoms with E-state index in [1.54, 1.807) is 0 Å². The zero-order valence-corrected chi connectivity index (χ0v) is 9.94. The average Bonchev–Trinajstić information content (AvgIpc) is 3.12. The van der Waals surface area contributed by atoms with E-state index < -0.39 is 11.5 Å². The maximum Gasteiger partial charge on any atom is 0.352 e. The molecule has 1 fully saturated rings. The SMILES string of the molecule is O=C(O)c1cccc(=O)n1Cc1noc(C2CC2)n1. The molecule has 2 heterocycles. The Labute approximate surface area is 107 Å². The van der Waals surface area contributed by atoms with Crippen molar-refractivity contribution in [3.63, 3.8) is 0 Å². The van der Waals surface area contributed by atoms with Crippen molar-refractivity contribution < 1.29 is 14.4 Å². The van der Waals surface area contributed by atoms with Gasteiger partial charge in [-0.25, -0.2) is 4.79 Å². The van der Waals surface area contributed by atoms with Crippen LogP contribution in [0.4, 0.5) is 0 Å². The highest BCUT2D eigenvalue weighted by molar-refractivity contribution is 5.85. The Morgan fingerprint density at radius 2 is 2.26 bits per heavy atom. The van der Waals surface area contributed by atoms with Crippen LogP contribution in [-0.4, -0.2) is 25.8 Å². The summed E-state index contributed by atoms with van der Waals surface area (Å²) >= 11 is 0. The molecule has 1 saturated carbocycles. The van der Waals surface area contributed by atoms with Gasteiger partial charge in [0.05, 0.1) is 6.54 Å². The number of aromatic carboxylic acids is 1. The predicted molar refractivity (Wildman–Crippen MR) is 63.0 cm³/mol. The number of nitrogens with zero attached hydrogens (tertiary/aromatic N) is 3. The molecule has 7 nitrogen and oxygen atoms in total. The van der Waals surface area contributed by atoms with Crippen molar-refractivity contribution in [3.8, 4) is 0 Å². The third kappa shape index (κ3) is 2.26. The number of hydrogen-bond acceptors (Lipinski definition) is 5. The summed E-state index contributed by atoms with van der Waals surface area (Å²) in [6.45, 7) is -0.00245. The molecule has 1 N–H and O–H groups in total. The second-order valence-corrected chi connectivity index (χ2v) is 4.46. The Bertz CT molecular complexity index is 684. The van der Waals surface area contributed by atoms with Crippen LogP contribution in [0.3, 0.4) is 0 Å². The molecule has 1 aliphatic rings. The largest absolute Gasteiger partial charge is 0.477 e. The first-order valence-corrected chi connectivity index (χ1v) is 5.91. The van der Waals surface area contributed by atoms with Crippen molar-refractivity contribution in [2.75, 3.05) is 0 Å². The summed E-state index contributed by atoms with van der Waals surface area (Å²) in [7, 11) is 0. The molecule has 2 aromatic heterocycles. The molecule has 0 atom stereocenters. The first-order chi connectivity index (χ1) is 9.15. The molecular formula is C12H11N3O4. The Hall–Kier alpha value is -2.44. The highest BCUT2D eigenvalue weighted by atomic mass is 16.5. The Balaban J connectivity index is 1.93. The minimum Gasteiger partial charge on any atom is -0.477 e. The number of aromatic nitrogens is 3. The van der Waals surface area contributed by atoms with Gasteiger partial charge in [0.2, 0.25) is 5.89 Å². The summed E-state index contributed by atoms with van der Waals surface area (Å²) < 4.78 is 6.19. The molecule has 2 aromatic rings. The lowest BCUT2D eigenvalue weighted by Gasteiger charge is -2.05. The fourth-order valence-electron chi connectivity index (χ4n) is 1.84. The zero-order valence-electron chi connectivity index (χ0n) is 9.94. The van der Waals surface area contributed by atoms with Gasteiger partial charge in [0, 0.05) is 12.0 Å². The van der Waals surface area contributed by atoms with Crippen LogP contribution >= 0.6 is 0 Å². The molecule has 0 radical (unpaired) electrons. The lowest BCUT2D eigenvalue weighted by molar-refractivity contribution is 0.0684. The van der Waals surface area contributed by atoms with Crippen LogP contribution in [0.2, 0.25) is 0 Å². The van der Waals surface area contributed by atoms with Gasteiger partial charge in [-0.3, -0.25) is 9.36 Å². The number of rotatable bonds is 4. The van der Waals surface area contributed by atoms with Gasteiger partial charge < -0.3 is 9.63 Å². The number of hydrogen-bond donors (Lipinski definition) is 1. The molecule has 0 unspecified atom stereocenters. The number of carboxylic acids is 1. The van der Waals surface area contributed by atoms with E-state index in [1.165, 1.54) is 18.2 Å². The standard InChI is InChI=1S/C12H11N3O4/c16-10-3-1-2-8(12(17)18)15(10)6-9-13-11(19-14-9)7-4-5-7/h1-3,7H,4-6H2,(H,17,18). The van der Waals surface area contributed by atoms with Gasteiger partial charge in [0.1, 0.15) is 5.69 Å². The van der Waals surface area contributed by atoms with E-state index in [2.05, 4.69) is 10.1 Å². The van der Waals surface area contributed by atoms with E-state index in [0.29, 0.717) is 17.6 Å². The molecule has 0 spiro atoms. The Morgan fingerprint density at radius 3 is 2.95 bits per heavy atom. The van der Waals surface area contributed by atoms with Crippen molar-refractivity contribution in [1.29, 1.82) is 0 Å². The molecule has 0 aromatic carbocycles. The monoisotopic (exact) mass is 261 g/mol. The third-order valence-corrected chi connectivity index (χ3v) is 2.98. The van der Waals surface area contributed by atoms with Gasteiger partial charge in [0.15, 0.2) is 5.82 Å². The maximum atomic E-state index is 11.7. The molecule has 0 bridgehead atoms. The fourth-order valence-corrected chi connectivity index (χ4v) is 1.84. The van der Waals surface area contributed by atoms with E-state index >= 15 is 0 Å². The molecule has 0 amide bonds. The quantitative estimate of drug-likeness (QED) is 0.876. The summed E-state index contributed by atoms with van der Waals surface area (Å²) in [4.78, 5) is 27.0. The summed E-state index contributed by atoms with van der Waals surface area (Å²) in [6, 6.07) is 4.08. The lowest BCUT2D eigenvalue weighted by atomic mass is 10.3. The third-order valence-electron chi connectivity index (χ3n) is 2.98. The molecule has 0 aliphatic heterocycles. The van der Waals surface area contributed by atoms with Crippen LogP contribution in [0.25, 0.3) is 0 Å². The number of pyridine rings is 1. The van der Waals surface area contributed by atoms with Crippen LogP contribution in [0.5, 0.6) is 0 Å². The second kappa shape index (κ2) is 4.34. The number of carbonyl (C=O) groups is 1. The molecule has 98 valence electrons. The summed E-state index contributed by atoms with van der Waals surface area (Å²) in [5.41, 5.74) is -0.497. The van der Waals surface area contributed by atoms with Gasteiger partial charge >= 0.3 is 5.97 Å². The second-order valence-electron chi connectivity index (χ2n) is 4.46. The van der Waals surface area contributed by atoms with Gasteiger partial charge in [-0.2, -0.15) is 4.98 Å². The molecule has 0 saturated heterocycles. The number of carboxylic acid groups (broad SMARTS) is 1. The topological polar surface area (TPSA) is 98.2 Å². The van der Waals surface area contributed by atoms with E-state index in [4.69, 9.17) is 9.63 Å². The highest BCUT2D eigenvalue weighted by Crippen LogP contribution is 2.38. The Morgan fingerprint density at radius 1 is 1.47 bits per heavy atom. The minimum atomic E-state index is -1.16. The van der Waals surface area contributed by atoms with Crippen LogP contribution in [0.1, 0.15) is 41.0 Å². The van der Waals surface area contributed by atoms with E-state index in [9.17, 15) is 9.59 Å². The normalized spacial score (nSPS) is 14.5. The van der Waals surface area contributed by atoms with Crippen molar-refractivity contribution in [2.45, 2.75) is 25.3 Å². The van der Waals surface area contributed by atoms with Crippen LogP contribution < -0.4 is 5.56 Å². The van der Waals surface area contributed by atoms with Gasteiger partial charge in [0.25, 0.3) is 5.56 Å². The average molecular weight is 261 g/mol. The van der Waals surface area contributed by atoms with Crippen molar-refractivity contribution >= 4 is 5.97 Å².